The number of nitrogens with zero attached hydrogens (tertiary/aromatic N) is 2. The molecule has 0 amide bonds. The predicted molar refractivity (Wildman–Crippen MR) is 64.1 cm³/mol. The van der Waals surface area contributed by atoms with Gasteiger partial charge >= 0.3 is 0 Å². The van der Waals surface area contributed by atoms with Crippen molar-refractivity contribution in [2.45, 2.75) is 12.3 Å². The molecule has 0 bridgehead atoms. The lowest BCUT2D eigenvalue weighted by molar-refractivity contribution is 0.411. The molecule has 16 heavy (non-hydrogen) atoms. The van der Waals surface area contributed by atoms with Crippen molar-refractivity contribution in [2.75, 3.05) is 20.1 Å². The van der Waals surface area contributed by atoms with E-state index in [0.29, 0.717) is 16.6 Å². The van der Waals surface area contributed by atoms with Crippen molar-refractivity contribution in [3.05, 3.63) is 28.8 Å². The highest BCUT2D eigenvalue weighted by atomic mass is 35.5. The molecule has 1 aromatic rings. The van der Waals surface area contributed by atoms with Gasteiger partial charge in [0.15, 0.2) is 0 Å². The van der Waals surface area contributed by atoms with Crippen molar-refractivity contribution in [2.24, 2.45) is 4.99 Å². The van der Waals surface area contributed by atoms with Crippen molar-refractivity contribution in [1.82, 2.24) is 4.90 Å². The first-order chi connectivity index (χ1) is 7.70. The van der Waals surface area contributed by atoms with Gasteiger partial charge in [0.05, 0.1) is 5.69 Å². The van der Waals surface area contributed by atoms with Crippen molar-refractivity contribution >= 4 is 23.4 Å². The average Bonchev–Trinajstić information content (AvgIpc) is 2.65. The summed E-state index contributed by atoms with van der Waals surface area (Å²) in [5, 5.41) is 0.691. The SMILES string of the molecule is CN1CCC(c2ccc(N=C=O)cc2Cl)C1. The Morgan fingerprint density at radius 2 is 2.38 bits per heavy atom. The van der Waals surface area contributed by atoms with E-state index < -0.39 is 0 Å². The van der Waals surface area contributed by atoms with Crippen LogP contribution in [0.25, 0.3) is 0 Å². The summed E-state index contributed by atoms with van der Waals surface area (Å²) in [6.07, 6.45) is 2.65. The minimum atomic E-state index is 0.492. The molecule has 1 saturated heterocycles. The van der Waals surface area contributed by atoms with Crippen LogP contribution in [0, 0.1) is 0 Å². The summed E-state index contributed by atoms with van der Waals surface area (Å²) < 4.78 is 0. The van der Waals surface area contributed by atoms with E-state index in [0.717, 1.165) is 25.1 Å². The third kappa shape index (κ3) is 2.33. The molecule has 1 fully saturated rings. The van der Waals surface area contributed by atoms with Crippen LogP contribution < -0.4 is 0 Å². The minimum absolute atomic E-state index is 0.492. The topological polar surface area (TPSA) is 32.7 Å². The van der Waals surface area contributed by atoms with E-state index in [-0.39, 0.29) is 0 Å². The average molecular weight is 237 g/mol. The van der Waals surface area contributed by atoms with Crippen LogP contribution >= 0.6 is 11.6 Å². The molecule has 0 radical (unpaired) electrons. The Morgan fingerprint density at radius 3 is 2.94 bits per heavy atom. The highest BCUT2D eigenvalue weighted by Gasteiger charge is 2.22. The fraction of sp³-hybridized carbons (Fsp3) is 0.417. The maximum atomic E-state index is 10.1. The van der Waals surface area contributed by atoms with Crippen LogP contribution in [0.1, 0.15) is 17.9 Å². The molecule has 3 nitrogen and oxygen atoms in total. The van der Waals surface area contributed by atoms with E-state index in [4.69, 9.17) is 11.6 Å². The second kappa shape index (κ2) is 4.79. The molecule has 0 N–H and O–H groups in total. The Hall–Kier alpha value is -1.15. The van der Waals surface area contributed by atoms with Gasteiger partial charge in [-0.2, -0.15) is 4.99 Å². The lowest BCUT2D eigenvalue weighted by Crippen LogP contribution is -2.13. The normalized spacial score (nSPS) is 20.8. The van der Waals surface area contributed by atoms with E-state index in [1.165, 1.54) is 6.08 Å². The smallest absolute Gasteiger partial charge is 0.240 e. The number of hydrogen-bond donors (Lipinski definition) is 0. The molecule has 0 spiro atoms. The Morgan fingerprint density at radius 1 is 1.56 bits per heavy atom. The van der Waals surface area contributed by atoms with E-state index in [1.807, 2.05) is 12.1 Å². The van der Waals surface area contributed by atoms with Gasteiger partial charge in [-0.05, 0) is 43.6 Å². The number of halogens is 1. The zero-order chi connectivity index (χ0) is 11.5. The second-order valence-corrected chi connectivity index (χ2v) is 4.56. The van der Waals surface area contributed by atoms with Crippen LogP contribution in [0.3, 0.4) is 0 Å². The third-order valence-electron chi connectivity index (χ3n) is 2.99. The first-order valence-electron chi connectivity index (χ1n) is 5.26. The molecule has 2 rings (SSSR count). The largest absolute Gasteiger partial charge is 0.306 e. The molecule has 1 unspecified atom stereocenters. The lowest BCUT2D eigenvalue weighted by Gasteiger charge is -2.12. The third-order valence-corrected chi connectivity index (χ3v) is 3.32. The molecule has 1 aliphatic heterocycles. The van der Waals surface area contributed by atoms with Crippen molar-refractivity contribution < 1.29 is 4.79 Å². The molecule has 84 valence electrons. The van der Waals surface area contributed by atoms with E-state index in [9.17, 15) is 4.79 Å². The minimum Gasteiger partial charge on any atom is -0.306 e. The van der Waals surface area contributed by atoms with Gasteiger partial charge in [0.25, 0.3) is 0 Å². The van der Waals surface area contributed by atoms with E-state index in [2.05, 4.69) is 16.9 Å². The zero-order valence-electron chi connectivity index (χ0n) is 9.11. The van der Waals surface area contributed by atoms with Gasteiger partial charge in [0.2, 0.25) is 6.08 Å². The second-order valence-electron chi connectivity index (χ2n) is 4.16. The molecule has 0 saturated carbocycles. The number of likely N-dealkylation sites (tertiary alicyclic amines) is 1. The fourth-order valence-electron chi connectivity index (χ4n) is 2.16. The highest BCUT2D eigenvalue weighted by molar-refractivity contribution is 6.31. The molecule has 0 aromatic heterocycles. The van der Waals surface area contributed by atoms with Gasteiger partial charge in [-0.1, -0.05) is 17.7 Å². The Balaban J connectivity index is 2.25. The number of carbonyl (C=O) groups excluding carboxylic acids is 1. The number of hydrogen-bond acceptors (Lipinski definition) is 3. The van der Waals surface area contributed by atoms with E-state index >= 15 is 0 Å². The summed E-state index contributed by atoms with van der Waals surface area (Å²) in [6.45, 7) is 2.14. The van der Waals surface area contributed by atoms with Gasteiger partial charge in [0, 0.05) is 11.6 Å². The highest BCUT2D eigenvalue weighted by Crippen LogP contribution is 2.33. The van der Waals surface area contributed by atoms with Crippen molar-refractivity contribution in [3.8, 4) is 0 Å². The molecule has 4 heteroatoms. The summed E-state index contributed by atoms with van der Waals surface area (Å²) in [6, 6.07) is 5.49. The van der Waals surface area contributed by atoms with Gasteiger partial charge in [-0.15, -0.1) is 0 Å². The number of likely N-dealkylation sites (N-methyl/N-ethyl adjacent to an activating group) is 1. The van der Waals surface area contributed by atoms with Crippen LogP contribution in [0.5, 0.6) is 0 Å². The fourth-order valence-corrected chi connectivity index (χ4v) is 2.49. The van der Waals surface area contributed by atoms with Crippen LogP contribution in [0.15, 0.2) is 23.2 Å². The Bertz CT molecular complexity index is 441. The van der Waals surface area contributed by atoms with E-state index in [1.54, 1.807) is 6.07 Å². The number of rotatable bonds is 2. The van der Waals surface area contributed by atoms with Crippen LogP contribution in [0.4, 0.5) is 5.69 Å². The standard InChI is InChI=1S/C12H13ClN2O/c1-15-5-4-9(7-15)11-3-2-10(14-8-16)6-12(11)13/h2-3,6,9H,4-5,7H2,1H3. The van der Waals surface area contributed by atoms with Crippen LogP contribution in [-0.2, 0) is 4.79 Å². The van der Waals surface area contributed by atoms with Crippen molar-refractivity contribution in [3.63, 3.8) is 0 Å². The van der Waals surface area contributed by atoms with Gasteiger partial charge in [0.1, 0.15) is 0 Å². The van der Waals surface area contributed by atoms with Crippen molar-refractivity contribution in [1.29, 1.82) is 0 Å². The lowest BCUT2D eigenvalue weighted by atomic mass is 9.98. The maximum absolute atomic E-state index is 10.1. The summed E-state index contributed by atoms with van der Waals surface area (Å²) in [7, 11) is 2.11. The molecule has 0 aliphatic carbocycles. The monoisotopic (exact) mass is 236 g/mol. The Kier molecular flexibility index (Phi) is 3.39. The van der Waals surface area contributed by atoms with Crippen LogP contribution in [-0.4, -0.2) is 31.1 Å². The van der Waals surface area contributed by atoms with Gasteiger partial charge < -0.3 is 4.90 Å². The first kappa shape index (κ1) is 11.3. The molecule has 1 atom stereocenters. The predicted octanol–water partition coefficient (Wildman–Crippen LogP) is 2.73. The summed E-state index contributed by atoms with van der Waals surface area (Å²) >= 11 is 6.18. The summed E-state index contributed by atoms with van der Waals surface area (Å²) in [5.41, 5.74) is 1.71. The molecule has 1 heterocycles. The summed E-state index contributed by atoms with van der Waals surface area (Å²) in [5.74, 6) is 0.492. The molecular weight excluding hydrogens is 224 g/mol. The quantitative estimate of drug-likeness (QED) is 0.584. The summed E-state index contributed by atoms with van der Waals surface area (Å²) in [4.78, 5) is 16.0. The van der Waals surface area contributed by atoms with Gasteiger partial charge in [-0.3, -0.25) is 0 Å². The molecule has 1 aliphatic rings. The van der Waals surface area contributed by atoms with Gasteiger partial charge in [-0.25, -0.2) is 4.79 Å². The molecular formula is C12H13ClN2O. The number of benzene rings is 1. The number of isocyanates is 1. The Labute approximate surface area is 99.7 Å². The molecule has 1 aromatic carbocycles. The number of aliphatic imine (C=N–C) groups is 1. The maximum Gasteiger partial charge on any atom is 0.240 e. The zero-order valence-corrected chi connectivity index (χ0v) is 9.87. The van der Waals surface area contributed by atoms with Crippen LogP contribution in [0.2, 0.25) is 5.02 Å². The first-order valence-corrected chi connectivity index (χ1v) is 5.64.